The number of hydrogen-bond donors (Lipinski definition) is 3. The molecule has 3 rings (SSSR count). The number of oxazole rings is 1. The van der Waals surface area contributed by atoms with Crippen LogP contribution < -0.4 is 0 Å². The maximum Gasteiger partial charge on any atom is 0.230 e. The minimum absolute atomic E-state index is 0.0903. The van der Waals surface area contributed by atoms with Gasteiger partial charge in [-0.2, -0.15) is 0 Å². The van der Waals surface area contributed by atoms with Crippen molar-refractivity contribution in [2.24, 2.45) is 0 Å². The molecule has 0 amide bonds. The van der Waals surface area contributed by atoms with Gasteiger partial charge in [0.15, 0.2) is 11.5 Å². The van der Waals surface area contributed by atoms with E-state index in [-0.39, 0.29) is 28.7 Å². The molecule has 0 aliphatic rings. The minimum atomic E-state index is -0.293. The van der Waals surface area contributed by atoms with E-state index in [2.05, 4.69) is 4.98 Å². The molecular weight excluding hydrogens is 258 g/mol. The Balaban J connectivity index is 2.07. The van der Waals surface area contributed by atoms with Crippen LogP contribution in [0, 0.1) is 0 Å². The van der Waals surface area contributed by atoms with Crippen LogP contribution in [0.15, 0.2) is 53.1 Å². The zero-order valence-electron chi connectivity index (χ0n) is 10.3. The molecule has 0 bridgehead atoms. The number of para-hydroxylation sites is 2. The zero-order valence-corrected chi connectivity index (χ0v) is 10.3. The van der Waals surface area contributed by atoms with E-state index in [0.29, 0.717) is 11.3 Å². The van der Waals surface area contributed by atoms with Gasteiger partial charge in [0.05, 0.1) is 5.56 Å². The highest BCUT2D eigenvalue weighted by Gasteiger charge is 2.15. The smallest absolute Gasteiger partial charge is 0.230 e. The van der Waals surface area contributed by atoms with E-state index in [4.69, 9.17) is 4.42 Å². The van der Waals surface area contributed by atoms with Gasteiger partial charge in [-0.05, 0) is 24.3 Å². The number of nitrogens with zero attached hydrogens (tertiary/aromatic N) is 1. The first-order valence-corrected chi connectivity index (χ1v) is 5.92. The van der Waals surface area contributed by atoms with Crippen molar-refractivity contribution in [2.45, 2.75) is 0 Å². The predicted molar refractivity (Wildman–Crippen MR) is 72.4 cm³/mol. The summed E-state index contributed by atoms with van der Waals surface area (Å²) >= 11 is 0. The molecule has 0 saturated heterocycles. The van der Waals surface area contributed by atoms with Crippen molar-refractivity contribution in [1.29, 1.82) is 0 Å². The molecule has 0 aliphatic heterocycles. The summed E-state index contributed by atoms with van der Waals surface area (Å²) in [6, 6.07) is 11.3. The first-order valence-electron chi connectivity index (χ1n) is 5.92. The molecule has 5 heteroatoms. The summed E-state index contributed by atoms with van der Waals surface area (Å²) in [6.45, 7) is 0. The fraction of sp³-hybridized carbons (Fsp3) is 0. The number of hydrogen-bond acceptors (Lipinski definition) is 5. The van der Waals surface area contributed by atoms with E-state index in [0.717, 1.165) is 0 Å². The summed E-state index contributed by atoms with van der Waals surface area (Å²) in [5.41, 5.74) is 1.26. The van der Waals surface area contributed by atoms with Gasteiger partial charge in [0.2, 0.25) is 5.89 Å². The van der Waals surface area contributed by atoms with Gasteiger partial charge in [0, 0.05) is 5.56 Å². The number of benzene rings is 2. The molecule has 20 heavy (non-hydrogen) atoms. The molecule has 0 aliphatic carbocycles. The first kappa shape index (κ1) is 12.1. The minimum Gasteiger partial charge on any atom is -0.507 e. The Hall–Kier alpha value is -2.95. The topological polar surface area (TPSA) is 86.7 Å². The second kappa shape index (κ2) is 4.62. The van der Waals surface area contributed by atoms with Crippen molar-refractivity contribution in [1.82, 2.24) is 4.98 Å². The highest BCUT2D eigenvalue weighted by molar-refractivity contribution is 5.71. The predicted octanol–water partition coefficient (Wildman–Crippen LogP) is 3.13. The Morgan fingerprint density at radius 3 is 2.30 bits per heavy atom. The molecule has 3 aromatic rings. The molecule has 3 N–H and O–H groups in total. The normalized spacial score (nSPS) is 10.6. The average molecular weight is 269 g/mol. The van der Waals surface area contributed by atoms with Crippen LogP contribution in [0.1, 0.15) is 0 Å². The van der Waals surface area contributed by atoms with Crippen LogP contribution in [-0.4, -0.2) is 20.3 Å². The standard InChI is InChI=1S/C15H11NO4/c17-12-6-2-1-4-9(12)11-8-20-15(16-11)10-5-3-7-13(18)14(10)19/h1-8,17-19H. The molecule has 1 aromatic heterocycles. The molecule has 100 valence electrons. The van der Waals surface area contributed by atoms with Gasteiger partial charge in [-0.1, -0.05) is 18.2 Å². The number of phenols is 3. The lowest BCUT2D eigenvalue weighted by Crippen LogP contribution is -1.82. The summed E-state index contributed by atoms with van der Waals surface area (Å²) in [4.78, 5) is 4.22. The van der Waals surface area contributed by atoms with Gasteiger partial charge < -0.3 is 19.7 Å². The number of aromatic nitrogens is 1. The highest BCUT2D eigenvalue weighted by Crippen LogP contribution is 2.37. The maximum atomic E-state index is 9.79. The van der Waals surface area contributed by atoms with Crippen molar-refractivity contribution in [3.63, 3.8) is 0 Å². The SMILES string of the molecule is Oc1ccccc1-c1coc(-c2cccc(O)c2O)n1. The molecule has 5 nitrogen and oxygen atoms in total. The number of phenolic OH excluding ortho intramolecular Hbond substituents is 3. The third-order valence-corrected chi connectivity index (χ3v) is 2.93. The fourth-order valence-electron chi connectivity index (χ4n) is 1.92. The van der Waals surface area contributed by atoms with Crippen molar-refractivity contribution in [3.8, 4) is 40.0 Å². The summed E-state index contributed by atoms with van der Waals surface area (Å²) in [7, 11) is 0. The fourth-order valence-corrected chi connectivity index (χ4v) is 1.92. The maximum absolute atomic E-state index is 9.79. The van der Waals surface area contributed by atoms with Crippen molar-refractivity contribution < 1.29 is 19.7 Å². The van der Waals surface area contributed by atoms with E-state index in [1.54, 1.807) is 36.4 Å². The van der Waals surface area contributed by atoms with Crippen LogP contribution in [0.2, 0.25) is 0 Å². The van der Waals surface area contributed by atoms with Crippen molar-refractivity contribution in [3.05, 3.63) is 48.7 Å². The number of rotatable bonds is 2. The molecule has 2 aromatic carbocycles. The summed E-state index contributed by atoms with van der Waals surface area (Å²) in [5.74, 6) is -0.285. The molecule has 1 heterocycles. The van der Waals surface area contributed by atoms with E-state index in [1.165, 1.54) is 12.3 Å². The molecular formula is C15H11NO4. The van der Waals surface area contributed by atoms with Crippen LogP contribution in [0.25, 0.3) is 22.7 Å². The van der Waals surface area contributed by atoms with E-state index in [9.17, 15) is 15.3 Å². The van der Waals surface area contributed by atoms with Crippen LogP contribution in [0.3, 0.4) is 0 Å². The highest BCUT2D eigenvalue weighted by atomic mass is 16.3. The second-order valence-corrected chi connectivity index (χ2v) is 4.23. The van der Waals surface area contributed by atoms with Gasteiger partial charge in [0.1, 0.15) is 17.7 Å². The summed E-state index contributed by atoms with van der Waals surface area (Å²) in [5, 5.41) is 29.0. The van der Waals surface area contributed by atoms with E-state index in [1.807, 2.05) is 0 Å². The van der Waals surface area contributed by atoms with E-state index >= 15 is 0 Å². The Morgan fingerprint density at radius 1 is 0.800 bits per heavy atom. The molecule has 0 atom stereocenters. The van der Waals surface area contributed by atoms with Crippen LogP contribution in [0.4, 0.5) is 0 Å². The Bertz CT molecular complexity index is 764. The van der Waals surface area contributed by atoms with Gasteiger partial charge >= 0.3 is 0 Å². The second-order valence-electron chi connectivity index (χ2n) is 4.23. The van der Waals surface area contributed by atoms with Crippen LogP contribution in [0.5, 0.6) is 17.2 Å². The first-order chi connectivity index (χ1) is 9.66. The van der Waals surface area contributed by atoms with Gasteiger partial charge in [0.25, 0.3) is 0 Å². The van der Waals surface area contributed by atoms with Crippen molar-refractivity contribution in [2.75, 3.05) is 0 Å². The van der Waals surface area contributed by atoms with E-state index < -0.39 is 0 Å². The van der Waals surface area contributed by atoms with Crippen molar-refractivity contribution >= 4 is 0 Å². The lowest BCUT2D eigenvalue weighted by atomic mass is 10.1. The Labute approximate surface area is 114 Å². The lowest BCUT2D eigenvalue weighted by Gasteiger charge is -2.01. The molecule has 0 spiro atoms. The monoisotopic (exact) mass is 269 g/mol. The summed E-state index contributed by atoms with van der Waals surface area (Å²) in [6.07, 6.45) is 1.38. The summed E-state index contributed by atoms with van der Waals surface area (Å²) < 4.78 is 5.30. The van der Waals surface area contributed by atoms with Gasteiger partial charge in [-0.3, -0.25) is 0 Å². The van der Waals surface area contributed by atoms with Crippen LogP contribution >= 0.6 is 0 Å². The molecule has 0 saturated carbocycles. The Kier molecular flexibility index (Phi) is 2.80. The average Bonchev–Trinajstić information content (AvgIpc) is 2.92. The molecule has 0 unspecified atom stereocenters. The lowest BCUT2D eigenvalue weighted by molar-refractivity contribution is 0.403. The quantitative estimate of drug-likeness (QED) is 0.622. The largest absolute Gasteiger partial charge is 0.507 e. The third kappa shape index (κ3) is 1.95. The van der Waals surface area contributed by atoms with Crippen LogP contribution in [-0.2, 0) is 0 Å². The van der Waals surface area contributed by atoms with Gasteiger partial charge in [-0.15, -0.1) is 0 Å². The van der Waals surface area contributed by atoms with Gasteiger partial charge in [-0.25, -0.2) is 4.98 Å². The zero-order chi connectivity index (χ0) is 14.1. The number of aromatic hydroxyl groups is 3. The third-order valence-electron chi connectivity index (χ3n) is 2.93. The Morgan fingerprint density at radius 2 is 1.50 bits per heavy atom. The molecule has 0 fully saturated rings. The molecule has 0 radical (unpaired) electrons.